The van der Waals surface area contributed by atoms with Crippen LogP contribution in [0.2, 0.25) is 0 Å². The third-order valence-corrected chi connectivity index (χ3v) is 2.35. The highest BCUT2D eigenvalue weighted by atomic mass is 16.3. The van der Waals surface area contributed by atoms with E-state index in [0.717, 1.165) is 11.1 Å². The summed E-state index contributed by atoms with van der Waals surface area (Å²) in [5.41, 5.74) is 1.95. The van der Waals surface area contributed by atoms with Crippen molar-refractivity contribution >= 4 is 10.9 Å². The molecule has 3 nitrogen and oxygen atoms in total. The second-order valence-corrected chi connectivity index (χ2v) is 3.49. The summed E-state index contributed by atoms with van der Waals surface area (Å²) in [7, 11) is 1.83. The highest BCUT2D eigenvalue weighted by molar-refractivity contribution is 5.84. The minimum Gasteiger partial charge on any atom is -0.504 e. The van der Waals surface area contributed by atoms with Crippen molar-refractivity contribution in [3.63, 3.8) is 0 Å². The van der Waals surface area contributed by atoms with Crippen LogP contribution in [0.25, 0.3) is 10.9 Å². The van der Waals surface area contributed by atoms with E-state index in [1.807, 2.05) is 32.2 Å². The molecule has 1 heterocycles. The van der Waals surface area contributed by atoms with E-state index >= 15 is 0 Å². The smallest absolute Gasteiger partial charge is 0.223 e. The van der Waals surface area contributed by atoms with Crippen LogP contribution in [0.15, 0.2) is 24.4 Å². The van der Waals surface area contributed by atoms with Gasteiger partial charge in [-0.05, 0) is 18.6 Å². The predicted octanol–water partition coefficient (Wildman–Crippen LogP) is 1.38. The molecule has 0 bridgehead atoms. The number of aromatic hydroxyl groups is 2. The van der Waals surface area contributed by atoms with Gasteiger partial charge in [0.2, 0.25) is 17.5 Å². The molecular formula is C11H12NO2+. The second kappa shape index (κ2) is 2.87. The first-order chi connectivity index (χ1) is 6.59. The lowest BCUT2D eigenvalue weighted by Gasteiger charge is -2.02. The maximum absolute atomic E-state index is 9.64. The van der Waals surface area contributed by atoms with Gasteiger partial charge in [-0.2, -0.15) is 4.57 Å². The van der Waals surface area contributed by atoms with Gasteiger partial charge in [0.1, 0.15) is 7.05 Å². The minimum atomic E-state index is -0.0920. The summed E-state index contributed by atoms with van der Waals surface area (Å²) in [6.07, 6.45) is 1.49. The van der Waals surface area contributed by atoms with Crippen LogP contribution in [-0.2, 0) is 7.05 Å². The zero-order valence-corrected chi connectivity index (χ0v) is 8.15. The van der Waals surface area contributed by atoms with E-state index in [-0.39, 0.29) is 11.5 Å². The SMILES string of the molecule is Cc1ccc2c(c1)c(O)c(O)c[n+]2C. The molecule has 3 heteroatoms. The fraction of sp³-hybridized carbons (Fsp3) is 0.182. The number of rotatable bonds is 0. The van der Waals surface area contributed by atoms with Crippen LogP contribution in [0.4, 0.5) is 0 Å². The molecule has 0 unspecified atom stereocenters. The van der Waals surface area contributed by atoms with E-state index in [4.69, 9.17) is 0 Å². The van der Waals surface area contributed by atoms with Gasteiger partial charge in [0.25, 0.3) is 0 Å². The zero-order chi connectivity index (χ0) is 10.3. The Morgan fingerprint density at radius 1 is 1.21 bits per heavy atom. The van der Waals surface area contributed by atoms with Crippen LogP contribution in [0.3, 0.4) is 0 Å². The van der Waals surface area contributed by atoms with Crippen LogP contribution >= 0.6 is 0 Å². The van der Waals surface area contributed by atoms with Gasteiger partial charge < -0.3 is 10.2 Å². The third-order valence-electron chi connectivity index (χ3n) is 2.35. The molecule has 1 aromatic heterocycles. The van der Waals surface area contributed by atoms with Gasteiger partial charge in [-0.25, -0.2) is 0 Å². The number of hydrogen-bond acceptors (Lipinski definition) is 2. The van der Waals surface area contributed by atoms with Gasteiger partial charge in [-0.15, -0.1) is 0 Å². The van der Waals surface area contributed by atoms with Gasteiger partial charge >= 0.3 is 0 Å². The van der Waals surface area contributed by atoms with E-state index in [9.17, 15) is 10.2 Å². The van der Waals surface area contributed by atoms with Crippen molar-refractivity contribution in [2.45, 2.75) is 6.92 Å². The summed E-state index contributed by atoms with van der Waals surface area (Å²) in [6, 6.07) is 5.74. The van der Waals surface area contributed by atoms with Crippen molar-refractivity contribution < 1.29 is 14.8 Å². The summed E-state index contributed by atoms with van der Waals surface area (Å²) in [6.45, 7) is 1.95. The molecule has 0 amide bonds. The highest BCUT2D eigenvalue weighted by Gasteiger charge is 2.14. The first-order valence-corrected chi connectivity index (χ1v) is 4.40. The molecule has 14 heavy (non-hydrogen) atoms. The van der Waals surface area contributed by atoms with E-state index in [1.54, 1.807) is 4.57 Å². The Kier molecular flexibility index (Phi) is 1.81. The lowest BCUT2D eigenvalue weighted by molar-refractivity contribution is -0.645. The quantitative estimate of drug-likeness (QED) is 0.616. The summed E-state index contributed by atoms with van der Waals surface area (Å²) in [5, 5.41) is 19.7. The Morgan fingerprint density at radius 3 is 2.64 bits per heavy atom. The van der Waals surface area contributed by atoms with E-state index in [0.29, 0.717) is 5.39 Å². The van der Waals surface area contributed by atoms with Crippen LogP contribution in [-0.4, -0.2) is 10.2 Å². The second-order valence-electron chi connectivity index (χ2n) is 3.49. The van der Waals surface area contributed by atoms with Crippen molar-refractivity contribution in [1.29, 1.82) is 0 Å². The summed E-state index contributed by atoms with van der Waals surface area (Å²) >= 11 is 0. The predicted molar refractivity (Wildman–Crippen MR) is 53.2 cm³/mol. The van der Waals surface area contributed by atoms with Gasteiger partial charge in [-0.3, -0.25) is 0 Å². The van der Waals surface area contributed by atoms with Gasteiger partial charge in [-0.1, -0.05) is 6.07 Å². The van der Waals surface area contributed by atoms with Gasteiger partial charge in [0.05, 0.1) is 5.39 Å². The minimum absolute atomic E-state index is 0.0539. The number of benzene rings is 1. The topological polar surface area (TPSA) is 44.3 Å². The lowest BCUT2D eigenvalue weighted by Crippen LogP contribution is -2.28. The molecule has 0 spiro atoms. The van der Waals surface area contributed by atoms with E-state index in [1.165, 1.54) is 6.20 Å². The molecule has 0 saturated heterocycles. The number of aromatic nitrogens is 1. The number of hydrogen-bond donors (Lipinski definition) is 2. The van der Waals surface area contributed by atoms with Gasteiger partial charge in [0.15, 0.2) is 5.75 Å². The molecule has 0 saturated carbocycles. The van der Waals surface area contributed by atoms with Gasteiger partial charge in [0, 0.05) is 6.07 Å². The molecule has 2 aromatic rings. The van der Waals surface area contributed by atoms with Crippen molar-refractivity contribution in [2.75, 3.05) is 0 Å². The van der Waals surface area contributed by atoms with Crippen molar-refractivity contribution in [2.24, 2.45) is 7.05 Å². The summed E-state index contributed by atoms with van der Waals surface area (Å²) in [4.78, 5) is 0. The number of aryl methyl sites for hydroxylation is 2. The van der Waals surface area contributed by atoms with Crippen LogP contribution in [0.1, 0.15) is 5.56 Å². The largest absolute Gasteiger partial charge is 0.504 e. The first-order valence-electron chi connectivity index (χ1n) is 4.40. The Labute approximate surface area is 81.9 Å². The molecule has 0 fully saturated rings. The summed E-state index contributed by atoms with van der Waals surface area (Å²) in [5.74, 6) is -0.146. The maximum Gasteiger partial charge on any atom is 0.223 e. The first kappa shape index (κ1) is 8.81. The Hall–Kier alpha value is -1.77. The molecule has 2 rings (SSSR count). The van der Waals surface area contributed by atoms with Crippen molar-refractivity contribution in [3.8, 4) is 11.5 Å². The maximum atomic E-state index is 9.64. The highest BCUT2D eigenvalue weighted by Crippen LogP contribution is 2.30. The standard InChI is InChI=1S/C11H11NO2/c1-7-3-4-9-8(5-7)11(14)10(13)6-12(9)2/h3-6,13H,1-2H3/p+1. The third kappa shape index (κ3) is 1.18. The van der Waals surface area contributed by atoms with Crippen molar-refractivity contribution in [1.82, 2.24) is 0 Å². The number of nitrogens with zero attached hydrogens (tertiary/aromatic N) is 1. The van der Waals surface area contributed by atoms with Crippen LogP contribution < -0.4 is 4.57 Å². The summed E-state index contributed by atoms with van der Waals surface area (Å²) < 4.78 is 1.78. The average molecular weight is 190 g/mol. The molecular weight excluding hydrogens is 178 g/mol. The fourth-order valence-electron chi connectivity index (χ4n) is 1.60. The van der Waals surface area contributed by atoms with E-state index in [2.05, 4.69) is 0 Å². The molecule has 2 N–H and O–H groups in total. The number of fused-ring (bicyclic) bond motifs is 1. The molecule has 72 valence electrons. The molecule has 0 radical (unpaired) electrons. The zero-order valence-electron chi connectivity index (χ0n) is 8.15. The Bertz CT molecular complexity index is 506. The molecule has 0 atom stereocenters. The number of pyridine rings is 1. The Balaban J connectivity index is 2.95. The van der Waals surface area contributed by atoms with Crippen LogP contribution in [0, 0.1) is 6.92 Å². The Morgan fingerprint density at radius 2 is 1.93 bits per heavy atom. The average Bonchev–Trinajstić information content (AvgIpc) is 2.14. The lowest BCUT2D eigenvalue weighted by atomic mass is 10.1. The molecule has 0 aliphatic heterocycles. The molecule has 1 aromatic carbocycles. The molecule has 0 aliphatic carbocycles. The monoisotopic (exact) mass is 190 g/mol. The normalized spacial score (nSPS) is 10.7. The van der Waals surface area contributed by atoms with Crippen molar-refractivity contribution in [3.05, 3.63) is 30.0 Å². The van der Waals surface area contributed by atoms with E-state index < -0.39 is 0 Å². The molecule has 0 aliphatic rings. The van der Waals surface area contributed by atoms with Crippen LogP contribution in [0.5, 0.6) is 11.5 Å². The fourth-order valence-corrected chi connectivity index (χ4v) is 1.60.